The molecule has 0 aliphatic heterocycles. The molecule has 1 aromatic rings. The first kappa shape index (κ1) is 16.5. The molecule has 1 fully saturated rings. The monoisotopic (exact) mass is 319 g/mol. The lowest BCUT2D eigenvalue weighted by atomic mass is 9.87. The first-order chi connectivity index (χ1) is 11.0. The summed E-state index contributed by atoms with van der Waals surface area (Å²) >= 11 is 0. The van der Waals surface area contributed by atoms with Gasteiger partial charge in [-0.3, -0.25) is 10.1 Å². The molecule has 0 bridgehead atoms. The van der Waals surface area contributed by atoms with E-state index in [2.05, 4.69) is 5.32 Å². The van der Waals surface area contributed by atoms with Gasteiger partial charge in [0.1, 0.15) is 11.8 Å². The average molecular weight is 319 g/mol. The summed E-state index contributed by atoms with van der Waals surface area (Å²) in [6.07, 6.45) is 1.91. The Morgan fingerprint density at radius 2 is 2.13 bits per heavy atom. The number of nitriles is 1. The van der Waals surface area contributed by atoms with Crippen molar-refractivity contribution in [2.45, 2.75) is 31.8 Å². The Morgan fingerprint density at radius 3 is 2.70 bits per heavy atom. The molecule has 0 heterocycles. The van der Waals surface area contributed by atoms with Crippen molar-refractivity contribution in [3.8, 4) is 11.8 Å². The maximum Gasteiger partial charge on any atom is 0.404 e. The highest BCUT2D eigenvalue weighted by Gasteiger charge is 2.25. The van der Waals surface area contributed by atoms with Gasteiger partial charge < -0.3 is 15.2 Å². The second-order valence-corrected chi connectivity index (χ2v) is 5.47. The number of rotatable bonds is 5. The van der Waals surface area contributed by atoms with Gasteiger partial charge in [-0.25, -0.2) is 4.79 Å². The molecule has 0 saturated heterocycles. The minimum absolute atomic E-state index is 0.0628. The van der Waals surface area contributed by atoms with Gasteiger partial charge in [-0.05, 0) is 37.7 Å². The van der Waals surface area contributed by atoms with Crippen LogP contribution in [0.25, 0.3) is 0 Å². The predicted molar refractivity (Wildman–Crippen MR) is 80.2 cm³/mol. The van der Waals surface area contributed by atoms with Crippen LogP contribution < -0.4 is 10.1 Å². The molecule has 0 aromatic heterocycles. The lowest BCUT2D eigenvalue weighted by Gasteiger charge is -2.29. The van der Waals surface area contributed by atoms with Crippen molar-refractivity contribution >= 4 is 11.8 Å². The van der Waals surface area contributed by atoms with Crippen LogP contribution in [0, 0.1) is 27.4 Å². The molecule has 2 rings (SSSR count). The summed E-state index contributed by atoms with van der Waals surface area (Å²) < 4.78 is 5.78. The summed E-state index contributed by atoms with van der Waals surface area (Å²) in [4.78, 5) is 20.8. The van der Waals surface area contributed by atoms with Gasteiger partial charge in [-0.2, -0.15) is 5.26 Å². The van der Waals surface area contributed by atoms with Crippen molar-refractivity contribution in [1.82, 2.24) is 5.32 Å². The number of nitro benzene ring substituents is 1. The van der Waals surface area contributed by atoms with Crippen molar-refractivity contribution in [3.63, 3.8) is 0 Å². The van der Waals surface area contributed by atoms with E-state index in [9.17, 15) is 14.9 Å². The first-order valence-electron chi connectivity index (χ1n) is 7.32. The van der Waals surface area contributed by atoms with Crippen LogP contribution in [0.4, 0.5) is 10.5 Å². The third kappa shape index (κ3) is 4.32. The van der Waals surface area contributed by atoms with Crippen LogP contribution >= 0.6 is 0 Å². The molecule has 1 aliphatic rings. The molecule has 1 aliphatic carbocycles. The van der Waals surface area contributed by atoms with Gasteiger partial charge >= 0.3 is 6.09 Å². The smallest absolute Gasteiger partial charge is 0.404 e. The van der Waals surface area contributed by atoms with Gasteiger partial charge in [0.25, 0.3) is 5.69 Å². The molecule has 2 N–H and O–H groups in total. The summed E-state index contributed by atoms with van der Waals surface area (Å²) in [5, 5.41) is 31.1. The third-order valence-corrected chi connectivity index (χ3v) is 3.94. The lowest BCUT2D eigenvalue weighted by molar-refractivity contribution is -0.385. The first-order valence-corrected chi connectivity index (χ1v) is 7.32. The van der Waals surface area contributed by atoms with Crippen LogP contribution in [0.5, 0.6) is 5.75 Å². The van der Waals surface area contributed by atoms with Crippen molar-refractivity contribution in [1.29, 1.82) is 5.26 Å². The van der Waals surface area contributed by atoms with Crippen LogP contribution in [0.3, 0.4) is 0 Å². The van der Waals surface area contributed by atoms with Crippen molar-refractivity contribution in [2.75, 3.05) is 6.54 Å². The Morgan fingerprint density at radius 1 is 1.43 bits per heavy atom. The lowest BCUT2D eigenvalue weighted by Crippen LogP contribution is -2.32. The second kappa shape index (κ2) is 7.45. The van der Waals surface area contributed by atoms with Gasteiger partial charge in [0.2, 0.25) is 0 Å². The predicted octanol–water partition coefficient (Wildman–Crippen LogP) is 2.67. The van der Waals surface area contributed by atoms with E-state index in [1.54, 1.807) is 6.07 Å². The van der Waals surface area contributed by atoms with E-state index in [0.717, 1.165) is 25.7 Å². The Labute approximate surface area is 132 Å². The van der Waals surface area contributed by atoms with Crippen molar-refractivity contribution in [2.24, 2.45) is 5.92 Å². The van der Waals surface area contributed by atoms with E-state index in [1.807, 2.05) is 6.07 Å². The van der Waals surface area contributed by atoms with Crippen LogP contribution in [-0.2, 0) is 0 Å². The molecule has 1 amide bonds. The van der Waals surface area contributed by atoms with E-state index in [0.29, 0.717) is 6.54 Å². The average Bonchev–Trinajstić information content (AvgIpc) is 2.53. The molecule has 0 unspecified atom stereocenters. The summed E-state index contributed by atoms with van der Waals surface area (Å²) in [6, 6.07) is 6.17. The molecule has 0 atom stereocenters. The maximum atomic E-state index is 10.9. The highest BCUT2D eigenvalue weighted by molar-refractivity contribution is 5.64. The zero-order chi connectivity index (χ0) is 16.8. The number of nitro groups is 1. The van der Waals surface area contributed by atoms with E-state index in [1.165, 1.54) is 12.1 Å². The van der Waals surface area contributed by atoms with Crippen molar-refractivity contribution < 1.29 is 19.6 Å². The number of ether oxygens (including phenoxy) is 1. The van der Waals surface area contributed by atoms with Crippen LogP contribution in [-0.4, -0.2) is 28.8 Å². The van der Waals surface area contributed by atoms with Crippen molar-refractivity contribution in [3.05, 3.63) is 33.9 Å². The molecule has 8 nitrogen and oxygen atoms in total. The Hall–Kier alpha value is -2.82. The third-order valence-electron chi connectivity index (χ3n) is 3.94. The number of benzene rings is 1. The van der Waals surface area contributed by atoms with E-state index < -0.39 is 11.0 Å². The molecule has 1 saturated carbocycles. The molecule has 122 valence electrons. The van der Waals surface area contributed by atoms with Gasteiger partial charge in [-0.1, -0.05) is 6.07 Å². The number of amides is 1. The minimum Gasteiger partial charge on any atom is -0.489 e. The van der Waals surface area contributed by atoms with Gasteiger partial charge in [0.05, 0.1) is 11.0 Å². The molecular formula is C15H17N3O5. The quantitative estimate of drug-likeness (QED) is 0.634. The fraction of sp³-hybridized carbons (Fsp3) is 0.467. The molecule has 0 spiro atoms. The number of nitrogens with zero attached hydrogens (tertiary/aromatic N) is 2. The van der Waals surface area contributed by atoms with E-state index in [-0.39, 0.29) is 29.0 Å². The maximum absolute atomic E-state index is 10.9. The summed E-state index contributed by atoms with van der Waals surface area (Å²) in [7, 11) is 0. The number of carbonyl (C=O) groups is 1. The van der Waals surface area contributed by atoms with Crippen LogP contribution in [0.15, 0.2) is 18.2 Å². The highest BCUT2D eigenvalue weighted by atomic mass is 16.6. The fourth-order valence-corrected chi connectivity index (χ4v) is 2.75. The Balaban J connectivity index is 1.97. The standard InChI is InChI=1S/C15H17N3O5/c16-8-12-13(18(21)22)2-1-3-14(12)23-11-6-4-10(5-7-11)9-17-15(19)20/h1-3,10-11,17H,4-7,9H2,(H,19,20). The van der Waals surface area contributed by atoms with Gasteiger partial charge in [-0.15, -0.1) is 0 Å². The van der Waals surface area contributed by atoms with Gasteiger partial charge in [0, 0.05) is 12.6 Å². The number of hydrogen-bond donors (Lipinski definition) is 2. The molecule has 0 radical (unpaired) electrons. The zero-order valence-corrected chi connectivity index (χ0v) is 12.4. The number of carboxylic acid groups (broad SMARTS) is 1. The zero-order valence-electron chi connectivity index (χ0n) is 12.4. The number of hydrogen-bond acceptors (Lipinski definition) is 5. The van der Waals surface area contributed by atoms with Crippen LogP contribution in [0.2, 0.25) is 0 Å². The molecular weight excluding hydrogens is 302 g/mol. The molecule has 1 aromatic carbocycles. The topological polar surface area (TPSA) is 125 Å². The van der Waals surface area contributed by atoms with E-state index in [4.69, 9.17) is 15.1 Å². The fourth-order valence-electron chi connectivity index (χ4n) is 2.75. The minimum atomic E-state index is -1.03. The number of nitrogens with one attached hydrogen (secondary N) is 1. The van der Waals surface area contributed by atoms with Gasteiger partial charge in [0.15, 0.2) is 5.56 Å². The normalized spacial score (nSPS) is 20.3. The second-order valence-electron chi connectivity index (χ2n) is 5.47. The molecule has 8 heteroatoms. The van der Waals surface area contributed by atoms with E-state index >= 15 is 0 Å². The summed E-state index contributed by atoms with van der Waals surface area (Å²) in [5.41, 5.74) is -0.323. The summed E-state index contributed by atoms with van der Waals surface area (Å²) in [5.74, 6) is 0.500. The highest BCUT2D eigenvalue weighted by Crippen LogP contribution is 2.32. The SMILES string of the molecule is N#Cc1c(OC2CCC(CNC(=O)O)CC2)cccc1[N+](=O)[O-]. The largest absolute Gasteiger partial charge is 0.489 e. The molecule has 23 heavy (non-hydrogen) atoms. The summed E-state index contributed by atoms with van der Waals surface area (Å²) in [6.45, 7) is 0.419. The Kier molecular flexibility index (Phi) is 5.36. The van der Waals surface area contributed by atoms with Crippen LogP contribution in [0.1, 0.15) is 31.2 Å². The Bertz CT molecular complexity index is 632.